The molecule has 0 spiro atoms. The Hall–Kier alpha value is -1.43. The van der Waals surface area contributed by atoms with E-state index in [0.29, 0.717) is 5.89 Å². The van der Waals surface area contributed by atoms with E-state index in [0.717, 1.165) is 45.1 Å². The number of rotatable bonds is 2. The topological polar surface area (TPSA) is 79.5 Å². The number of hydrogen-bond donors (Lipinski definition) is 1. The minimum atomic E-state index is -0.283. The van der Waals surface area contributed by atoms with E-state index < -0.39 is 0 Å². The van der Waals surface area contributed by atoms with E-state index in [1.165, 1.54) is 0 Å². The molecule has 1 aromatic rings. The summed E-state index contributed by atoms with van der Waals surface area (Å²) >= 11 is 0. The number of hydrogen-bond acceptors (Lipinski definition) is 5. The van der Waals surface area contributed by atoms with Crippen LogP contribution in [0.15, 0.2) is 4.52 Å². The van der Waals surface area contributed by atoms with Crippen molar-refractivity contribution in [2.75, 3.05) is 6.54 Å². The van der Waals surface area contributed by atoms with Crippen LogP contribution in [0.25, 0.3) is 0 Å². The molecule has 1 amide bonds. The summed E-state index contributed by atoms with van der Waals surface area (Å²) in [6, 6.07) is 0.122. The van der Waals surface area contributed by atoms with E-state index in [2.05, 4.69) is 10.1 Å². The van der Waals surface area contributed by atoms with Gasteiger partial charge >= 0.3 is 0 Å². The summed E-state index contributed by atoms with van der Waals surface area (Å²) in [7, 11) is 0. The molecular formula is C14H21N3O3. The lowest BCUT2D eigenvalue weighted by Crippen LogP contribution is -2.45. The highest BCUT2D eigenvalue weighted by molar-refractivity contribution is 5.90. The lowest BCUT2D eigenvalue weighted by molar-refractivity contribution is 0.0206. The summed E-state index contributed by atoms with van der Waals surface area (Å²) in [5.41, 5.74) is 0. The zero-order valence-electron chi connectivity index (χ0n) is 11.8. The van der Waals surface area contributed by atoms with Crippen molar-refractivity contribution in [1.82, 2.24) is 15.0 Å². The average molecular weight is 279 g/mol. The molecule has 110 valence electrons. The maximum Gasteiger partial charge on any atom is 0.295 e. The van der Waals surface area contributed by atoms with Crippen molar-refractivity contribution in [1.29, 1.82) is 0 Å². The number of aromatic nitrogens is 2. The third-order valence-electron chi connectivity index (χ3n) is 4.55. The van der Waals surface area contributed by atoms with Gasteiger partial charge in [-0.1, -0.05) is 18.0 Å². The summed E-state index contributed by atoms with van der Waals surface area (Å²) < 4.78 is 4.89. The molecule has 0 radical (unpaired) electrons. The first kappa shape index (κ1) is 13.5. The molecule has 3 rings (SSSR count). The van der Waals surface area contributed by atoms with E-state index in [1.807, 2.05) is 4.90 Å². The summed E-state index contributed by atoms with van der Waals surface area (Å²) in [6.07, 6.45) is 5.74. The van der Waals surface area contributed by atoms with Crippen LogP contribution < -0.4 is 0 Å². The van der Waals surface area contributed by atoms with Crippen LogP contribution in [0, 0.1) is 12.8 Å². The van der Waals surface area contributed by atoms with Gasteiger partial charge in [0.05, 0.1) is 6.10 Å². The highest BCUT2D eigenvalue weighted by Crippen LogP contribution is 2.35. The van der Waals surface area contributed by atoms with Gasteiger partial charge in [0.15, 0.2) is 0 Å². The molecule has 1 aliphatic carbocycles. The number of aryl methyl sites for hydroxylation is 1. The Bertz CT molecular complexity index is 488. The molecule has 1 N–H and O–H groups in total. The smallest absolute Gasteiger partial charge is 0.295 e. The minimum Gasteiger partial charge on any atom is -0.393 e. The van der Waals surface area contributed by atoms with Crippen molar-refractivity contribution in [3.05, 3.63) is 11.7 Å². The van der Waals surface area contributed by atoms with Crippen molar-refractivity contribution in [3.63, 3.8) is 0 Å². The van der Waals surface area contributed by atoms with Crippen molar-refractivity contribution in [3.8, 4) is 0 Å². The molecule has 0 aromatic carbocycles. The van der Waals surface area contributed by atoms with Crippen molar-refractivity contribution < 1.29 is 14.4 Å². The van der Waals surface area contributed by atoms with Gasteiger partial charge in [-0.2, -0.15) is 4.98 Å². The van der Waals surface area contributed by atoms with E-state index in [9.17, 15) is 9.90 Å². The Morgan fingerprint density at radius 1 is 1.30 bits per heavy atom. The number of carbonyl (C=O) groups excluding carboxylic acids is 1. The first-order valence-electron chi connectivity index (χ1n) is 7.46. The van der Waals surface area contributed by atoms with Crippen LogP contribution in [-0.4, -0.2) is 44.7 Å². The van der Waals surface area contributed by atoms with Gasteiger partial charge in [-0.05, 0) is 25.7 Å². The van der Waals surface area contributed by atoms with Crippen LogP contribution in [0.5, 0.6) is 0 Å². The van der Waals surface area contributed by atoms with Gasteiger partial charge in [-0.3, -0.25) is 4.79 Å². The normalized spacial score (nSPS) is 30.7. The lowest BCUT2D eigenvalue weighted by atomic mass is 9.80. The molecule has 1 saturated heterocycles. The second-order valence-electron chi connectivity index (χ2n) is 5.86. The molecule has 1 aliphatic heterocycles. The molecule has 2 fully saturated rings. The Balaban J connectivity index is 1.76. The molecule has 0 unspecified atom stereocenters. The summed E-state index contributed by atoms with van der Waals surface area (Å²) in [6.45, 7) is 2.40. The molecule has 6 nitrogen and oxygen atoms in total. The number of aliphatic hydroxyl groups is 1. The van der Waals surface area contributed by atoms with E-state index in [4.69, 9.17) is 4.52 Å². The first-order valence-corrected chi connectivity index (χ1v) is 7.46. The molecule has 1 aromatic heterocycles. The molecule has 1 saturated carbocycles. The number of carbonyl (C=O) groups is 1. The number of aliphatic hydroxyl groups excluding tert-OH is 1. The summed E-state index contributed by atoms with van der Waals surface area (Å²) in [4.78, 5) is 18.3. The third kappa shape index (κ3) is 2.44. The van der Waals surface area contributed by atoms with E-state index in [-0.39, 0.29) is 29.8 Å². The van der Waals surface area contributed by atoms with Crippen molar-refractivity contribution in [2.24, 2.45) is 5.92 Å². The van der Waals surface area contributed by atoms with Gasteiger partial charge in [-0.15, -0.1) is 0 Å². The van der Waals surface area contributed by atoms with Crippen LogP contribution in [-0.2, 0) is 0 Å². The van der Waals surface area contributed by atoms with Crippen molar-refractivity contribution in [2.45, 2.75) is 57.6 Å². The zero-order valence-corrected chi connectivity index (χ0v) is 11.8. The third-order valence-corrected chi connectivity index (χ3v) is 4.55. The second-order valence-corrected chi connectivity index (χ2v) is 5.86. The maximum atomic E-state index is 12.5. The number of amides is 1. The Morgan fingerprint density at radius 2 is 2.10 bits per heavy atom. The van der Waals surface area contributed by atoms with Gasteiger partial charge in [0, 0.05) is 25.4 Å². The van der Waals surface area contributed by atoms with Gasteiger partial charge in [0.1, 0.15) is 0 Å². The molecule has 20 heavy (non-hydrogen) atoms. The van der Waals surface area contributed by atoms with Crippen LogP contribution in [0.3, 0.4) is 0 Å². The summed E-state index contributed by atoms with van der Waals surface area (Å²) in [5, 5.41) is 13.9. The van der Waals surface area contributed by atoms with Crippen LogP contribution >= 0.6 is 0 Å². The lowest BCUT2D eigenvalue weighted by Gasteiger charge is -2.36. The average Bonchev–Trinajstić information content (AvgIpc) is 3.07. The Kier molecular flexibility index (Phi) is 3.74. The molecule has 2 heterocycles. The van der Waals surface area contributed by atoms with Gasteiger partial charge in [0.2, 0.25) is 5.89 Å². The fourth-order valence-corrected chi connectivity index (χ4v) is 3.59. The monoisotopic (exact) mass is 279 g/mol. The van der Waals surface area contributed by atoms with Gasteiger partial charge < -0.3 is 14.5 Å². The fraction of sp³-hybridized carbons (Fsp3) is 0.786. The predicted molar refractivity (Wildman–Crippen MR) is 71.1 cm³/mol. The predicted octanol–water partition coefficient (Wildman–Crippen LogP) is 1.53. The first-order chi connectivity index (χ1) is 9.66. The Morgan fingerprint density at radius 3 is 2.80 bits per heavy atom. The molecular weight excluding hydrogens is 258 g/mol. The SMILES string of the molecule is Cc1nc(C(=O)N2CCC[C@@H]2[C@H]2CCCC[C@H]2O)no1. The highest BCUT2D eigenvalue weighted by atomic mass is 16.5. The van der Waals surface area contributed by atoms with Crippen LogP contribution in [0.4, 0.5) is 0 Å². The van der Waals surface area contributed by atoms with Crippen molar-refractivity contribution >= 4 is 5.91 Å². The second kappa shape index (κ2) is 5.52. The minimum absolute atomic E-state index is 0.122. The number of likely N-dealkylation sites (tertiary alicyclic amines) is 1. The van der Waals surface area contributed by atoms with E-state index >= 15 is 0 Å². The fourth-order valence-electron chi connectivity index (χ4n) is 3.59. The molecule has 6 heteroatoms. The zero-order chi connectivity index (χ0) is 14.1. The van der Waals surface area contributed by atoms with E-state index in [1.54, 1.807) is 6.92 Å². The largest absolute Gasteiger partial charge is 0.393 e. The standard InChI is InChI=1S/C14H21N3O3/c1-9-15-13(16-20-9)14(19)17-8-4-6-11(17)10-5-2-3-7-12(10)18/h10-12,18H,2-8H2,1H3/t10-,11-,12-/m1/s1. The van der Waals surface area contributed by atoms with Gasteiger partial charge in [-0.25, -0.2) is 0 Å². The quantitative estimate of drug-likeness (QED) is 0.888. The molecule has 3 atom stereocenters. The van der Waals surface area contributed by atoms with Crippen LogP contribution in [0.1, 0.15) is 55.0 Å². The Labute approximate surface area is 118 Å². The molecule has 0 bridgehead atoms. The van der Waals surface area contributed by atoms with Crippen LogP contribution in [0.2, 0.25) is 0 Å². The highest BCUT2D eigenvalue weighted by Gasteiger charge is 2.40. The summed E-state index contributed by atoms with van der Waals surface area (Å²) in [5.74, 6) is 0.576. The van der Waals surface area contributed by atoms with Gasteiger partial charge in [0.25, 0.3) is 11.7 Å². The maximum absolute atomic E-state index is 12.5. The number of nitrogens with zero attached hydrogens (tertiary/aromatic N) is 3. The molecule has 2 aliphatic rings.